The van der Waals surface area contributed by atoms with Gasteiger partial charge in [0.05, 0.1) is 22.0 Å². The summed E-state index contributed by atoms with van der Waals surface area (Å²) in [4.78, 5) is 24.6. The molecule has 0 saturated heterocycles. The number of amides is 1. The molecule has 1 aromatic carbocycles. The predicted molar refractivity (Wildman–Crippen MR) is 62.5 cm³/mol. The van der Waals surface area contributed by atoms with Crippen molar-refractivity contribution < 1.29 is 14.7 Å². The van der Waals surface area contributed by atoms with Crippen LogP contribution in [-0.2, 0) is 4.79 Å². The largest absolute Gasteiger partial charge is 0.478 e. The second kappa shape index (κ2) is 3.99. The van der Waals surface area contributed by atoms with Crippen molar-refractivity contribution in [2.45, 2.75) is 4.90 Å². The minimum absolute atomic E-state index is 0.0163. The normalized spacial score (nSPS) is 14.9. The van der Waals surface area contributed by atoms with Gasteiger partial charge < -0.3 is 10.0 Å². The van der Waals surface area contributed by atoms with Crippen molar-refractivity contribution in [2.75, 3.05) is 17.7 Å². The van der Waals surface area contributed by atoms with Gasteiger partial charge in [-0.05, 0) is 12.1 Å². The molecule has 16 heavy (non-hydrogen) atoms. The molecular formula is C10H8ClNO3S. The third-order valence-electron chi connectivity index (χ3n) is 2.37. The van der Waals surface area contributed by atoms with Crippen LogP contribution in [0.5, 0.6) is 0 Å². The molecule has 84 valence electrons. The maximum Gasteiger partial charge on any atom is 0.337 e. The summed E-state index contributed by atoms with van der Waals surface area (Å²) >= 11 is 7.36. The van der Waals surface area contributed by atoms with Gasteiger partial charge in [-0.25, -0.2) is 4.79 Å². The van der Waals surface area contributed by atoms with Crippen LogP contribution in [0, 0.1) is 0 Å². The van der Waals surface area contributed by atoms with E-state index in [4.69, 9.17) is 16.7 Å². The number of hydrogen-bond donors (Lipinski definition) is 1. The Morgan fingerprint density at radius 2 is 2.25 bits per heavy atom. The SMILES string of the molecule is CN1C(=O)CSc2ccc(C(=O)O)c(Cl)c21. The van der Waals surface area contributed by atoms with E-state index >= 15 is 0 Å². The number of fused-ring (bicyclic) bond motifs is 1. The molecule has 0 saturated carbocycles. The molecule has 1 N–H and O–H groups in total. The van der Waals surface area contributed by atoms with Crippen LogP contribution < -0.4 is 4.90 Å². The lowest BCUT2D eigenvalue weighted by Gasteiger charge is -2.26. The maximum atomic E-state index is 11.5. The summed E-state index contributed by atoms with van der Waals surface area (Å²) in [6.07, 6.45) is 0. The van der Waals surface area contributed by atoms with Crippen molar-refractivity contribution in [3.63, 3.8) is 0 Å². The zero-order valence-electron chi connectivity index (χ0n) is 8.36. The number of anilines is 1. The highest BCUT2D eigenvalue weighted by atomic mass is 35.5. The van der Waals surface area contributed by atoms with Crippen LogP contribution in [0.25, 0.3) is 0 Å². The molecule has 0 radical (unpaired) electrons. The minimum Gasteiger partial charge on any atom is -0.478 e. The molecule has 1 aromatic rings. The third-order valence-corrected chi connectivity index (χ3v) is 3.78. The predicted octanol–water partition coefficient (Wildman–Crippen LogP) is 2.11. The smallest absolute Gasteiger partial charge is 0.337 e. The summed E-state index contributed by atoms with van der Waals surface area (Å²) in [5.74, 6) is -0.821. The number of rotatable bonds is 1. The number of aromatic carboxylic acids is 1. The van der Waals surface area contributed by atoms with Crippen LogP contribution in [0.1, 0.15) is 10.4 Å². The summed E-state index contributed by atoms with van der Waals surface area (Å²) in [7, 11) is 1.60. The van der Waals surface area contributed by atoms with E-state index in [1.807, 2.05) is 0 Å². The number of hydrogen-bond acceptors (Lipinski definition) is 3. The molecule has 0 fully saturated rings. The second-order valence-electron chi connectivity index (χ2n) is 3.32. The standard InChI is InChI=1S/C10H8ClNO3S/c1-12-7(13)4-16-6-3-2-5(10(14)15)8(11)9(6)12/h2-3H,4H2,1H3,(H,14,15). The summed E-state index contributed by atoms with van der Waals surface area (Å²) < 4.78 is 0. The molecule has 1 amide bonds. The molecule has 0 unspecified atom stereocenters. The van der Waals surface area contributed by atoms with Crippen molar-refractivity contribution in [3.05, 3.63) is 22.7 Å². The Bertz CT molecular complexity index is 489. The molecule has 4 nitrogen and oxygen atoms in total. The van der Waals surface area contributed by atoms with E-state index in [1.165, 1.54) is 22.7 Å². The van der Waals surface area contributed by atoms with Gasteiger partial charge in [0, 0.05) is 11.9 Å². The molecule has 6 heteroatoms. The van der Waals surface area contributed by atoms with E-state index in [-0.39, 0.29) is 16.5 Å². The Labute approximate surface area is 101 Å². The van der Waals surface area contributed by atoms with Gasteiger partial charge in [-0.3, -0.25) is 4.79 Å². The molecule has 1 aliphatic heterocycles. The highest BCUT2D eigenvalue weighted by molar-refractivity contribution is 8.00. The van der Waals surface area contributed by atoms with Crippen LogP contribution in [0.15, 0.2) is 17.0 Å². The quantitative estimate of drug-likeness (QED) is 0.837. The Balaban J connectivity index is 2.63. The number of carbonyl (C=O) groups is 2. The van der Waals surface area contributed by atoms with E-state index in [0.29, 0.717) is 11.4 Å². The Kier molecular flexibility index (Phi) is 2.82. The van der Waals surface area contributed by atoms with Crippen LogP contribution >= 0.6 is 23.4 Å². The van der Waals surface area contributed by atoms with Crippen LogP contribution in [0.4, 0.5) is 5.69 Å². The van der Waals surface area contributed by atoms with Gasteiger partial charge in [-0.15, -0.1) is 11.8 Å². The molecule has 0 atom stereocenters. The first-order valence-corrected chi connectivity index (χ1v) is 5.84. The summed E-state index contributed by atoms with van der Waals surface area (Å²) in [5, 5.41) is 9.04. The highest BCUT2D eigenvalue weighted by Crippen LogP contribution is 2.41. The average molecular weight is 258 g/mol. The van der Waals surface area contributed by atoms with Gasteiger partial charge in [0.25, 0.3) is 0 Å². The minimum atomic E-state index is -1.09. The first kappa shape index (κ1) is 11.3. The Morgan fingerprint density at radius 1 is 1.56 bits per heavy atom. The molecule has 0 aromatic heterocycles. The summed E-state index contributed by atoms with van der Waals surface area (Å²) in [6, 6.07) is 3.14. The molecule has 1 aliphatic rings. The van der Waals surface area contributed by atoms with Gasteiger partial charge in [0.15, 0.2) is 0 Å². The topological polar surface area (TPSA) is 57.6 Å². The average Bonchev–Trinajstić information content (AvgIpc) is 2.23. The van der Waals surface area contributed by atoms with E-state index in [9.17, 15) is 9.59 Å². The van der Waals surface area contributed by atoms with E-state index in [1.54, 1.807) is 13.1 Å². The van der Waals surface area contributed by atoms with Gasteiger partial charge in [-0.2, -0.15) is 0 Å². The van der Waals surface area contributed by atoms with Gasteiger partial charge in [0.2, 0.25) is 5.91 Å². The first-order valence-electron chi connectivity index (χ1n) is 4.47. The summed E-state index contributed by atoms with van der Waals surface area (Å²) in [5.41, 5.74) is 0.505. The summed E-state index contributed by atoms with van der Waals surface area (Å²) in [6.45, 7) is 0. The number of thioether (sulfide) groups is 1. The fourth-order valence-corrected chi connectivity index (χ4v) is 2.94. The van der Waals surface area contributed by atoms with Crippen molar-refractivity contribution >= 4 is 40.9 Å². The first-order chi connectivity index (χ1) is 7.52. The van der Waals surface area contributed by atoms with E-state index in [0.717, 1.165) is 4.90 Å². The van der Waals surface area contributed by atoms with Crippen molar-refractivity contribution in [3.8, 4) is 0 Å². The number of halogens is 1. The zero-order chi connectivity index (χ0) is 11.9. The molecule has 0 aliphatic carbocycles. The molecule has 2 rings (SSSR count). The Hall–Kier alpha value is -1.20. The number of carboxylic acids is 1. The fraction of sp³-hybridized carbons (Fsp3) is 0.200. The Morgan fingerprint density at radius 3 is 2.88 bits per heavy atom. The monoisotopic (exact) mass is 257 g/mol. The third kappa shape index (κ3) is 1.66. The highest BCUT2D eigenvalue weighted by Gasteiger charge is 2.26. The maximum absolute atomic E-state index is 11.5. The number of carboxylic acid groups (broad SMARTS) is 1. The lowest BCUT2D eigenvalue weighted by Crippen LogP contribution is -2.31. The molecular weight excluding hydrogens is 250 g/mol. The molecule has 0 spiro atoms. The van der Waals surface area contributed by atoms with Gasteiger partial charge in [-0.1, -0.05) is 11.6 Å². The molecule has 1 heterocycles. The number of benzene rings is 1. The van der Waals surface area contributed by atoms with Crippen LogP contribution in [0.3, 0.4) is 0 Å². The second-order valence-corrected chi connectivity index (χ2v) is 4.72. The van der Waals surface area contributed by atoms with E-state index in [2.05, 4.69) is 0 Å². The van der Waals surface area contributed by atoms with Crippen LogP contribution in [-0.4, -0.2) is 29.8 Å². The van der Waals surface area contributed by atoms with Crippen LogP contribution in [0.2, 0.25) is 5.02 Å². The van der Waals surface area contributed by atoms with Crippen molar-refractivity contribution in [1.82, 2.24) is 0 Å². The van der Waals surface area contributed by atoms with Crippen molar-refractivity contribution in [1.29, 1.82) is 0 Å². The van der Waals surface area contributed by atoms with Crippen molar-refractivity contribution in [2.24, 2.45) is 0 Å². The number of carbonyl (C=O) groups excluding carboxylic acids is 1. The number of nitrogens with zero attached hydrogens (tertiary/aromatic N) is 1. The van der Waals surface area contributed by atoms with Gasteiger partial charge >= 0.3 is 5.97 Å². The zero-order valence-corrected chi connectivity index (χ0v) is 9.93. The molecule has 0 bridgehead atoms. The van der Waals surface area contributed by atoms with E-state index < -0.39 is 5.97 Å². The fourth-order valence-electron chi connectivity index (χ4n) is 1.50. The van der Waals surface area contributed by atoms with Gasteiger partial charge in [0.1, 0.15) is 0 Å². The lowest BCUT2D eigenvalue weighted by molar-refractivity contribution is -0.116. The lowest BCUT2D eigenvalue weighted by atomic mass is 10.2.